The number of aryl methyl sites for hydroxylation is 1. The summed E-state index contributed by atoms with van der Waals surface area (Å²) in [7, 11) is 0. The Bertz CT molecular complexity index is 1050. The molecule has 0 spiro atoms. The summed E-state index contributed by atoms with van der Waals surface area (Å²) in [6, 6.07) is 8.17. The Balaban J connectivity index is 2.01. The van der Waals surface area contributed by atoms with E-state index in [0.717, 1.165) is 5.69 Å². The minimum atomic E-state index is -0.595. The van der Waals surface area contributed by atoms with Gasteiger partial charge in [-0.15, -0.1) is 0 Å². The molecule has 142 valence electrons. The smallest absolute Gasteiger partial charge is 0.337 e. The highest BCUT2D eigenvalue weighted by Crippen LogP contribution is 2.25. The van der Waals surface area contributed by atoms with Gasteiger partial charge in [0.15, 0.2) is 0 Å². The van der Waals surface area contributed by atoms with Gasteiger partial charge in [-0.3, -0.25) is 4.79 Å². The van der Waals surface area contributed by atoms with Crippen molar-refractivity contribution < 1.29 is 13.9 Å². The van der Waals surface area contributed by atoms with Crippen molar-refractivity contribution in [3.8, 4) is 5.75 Å². The number of hydrogen-bond acceptors (Lipinski definition) is 5. The molecular weight excluding hydrogens is 346 g/mol. The van der Waals surface area contributed by atoms with Crippen LogP contribution >= 0.6 is 0 Å². The summed E-state index contributed by atoms with van der Waals surface area (Å²) in [6.45, 7) is 9.63. The quantitative estimate of drug-likeness (QED) is 0.689. The molecule has 1 N–H and O–H groups in total. The van der Waals surface area contributed by atoms with E-state index < -0.39 is 11.5 Å². The Morgan fingerprint density at radius 3 is 2.59 bits per heavy atom. The van der Waals surface area contributed by atoms with Gasteiger partial charge >= 0.3 is 5.63 Å². The first-order valence-corrected chi connectivity index (χ1v) is 8.86. The van der Waals surface area contributed by atoms with Gasteiger partial charge in [0.25, 0.3) is 5.91 Å². The maximum absolute atomic E-state index is 12.9. The molecule has 0 bridgehead atoms. The molecule has 7 nitrogen and oxygen atoms in total. The van der Waals surface area contributed by atoms with Gasteiger partial charge in [0.1, 0.15) is 17.2 Å². The molecule has 0 aliphatic rings. The van der Waals surface area contributed by atoms with Crippen molar-refractivity contribution in [2.75, 3.05) is 5.32 Å². The molecule has 7 heteroatoms. The fourth-order valence-corrected chi connectivity index (χ4v) is 2.86. The summed E-state index contributed by atoms with van der Waals surface area (Å²) in [4.78, 5) is 24.8. The fraction of sp³-hybridized carbons (Fsp3) is 0.350. The monoisotopic (exact) mass is 369 g/mol. The van der Waals surface area contributed by atoms with Crippen LogP contribution < -0.4 is 15.7 Å². The normalized spacial score (nSPS) is 11.4. The third-order valence-corrected chi connectivity index (χ3v) is 3.92. The van der Waals surface area contributed by atoms with E-state index in [4.69, 9.17) is 9.15 Å². The number of carbonyl (C=O) groups excluding carboxylic acids is 1. The third-order valence-electron chi connectivity index (χ3n) is 3.92. The number of fused-ring (bicyclic) bond motifs is 1. The van der Waals surface area contributed by atoms with Gasteiger partial charge in [-0.25, -0.2) is 9.48 Å². The van der Waals surface area contributed by atoms with Crippen LogP contribution in [0, 0.1) is 6.92 Å². The molecule has 0 saturated heterocycles. The Hall–Kier alpha value is -3.09. The number of nitrogens with zero attached hydrogens (tertiary/aromatic N) is 2. The van der Waals surface area contributed by atoms with Crippen LogP contribution in [0.3, 0.4) is 0 Å². The largest absolute Gasteiger partial charge is 0.491 e. The van der Waals surface area contributed by atoms with Crippen molar-refractivity contribution in [2.45, 2.75) is 46.8 Å². The number of amides is 1. The lowest BCUT2D eigenvalue weighted by Crippen LogP contribution is -2.18. The van der Waals surface area contributed by atoms with Crippen molar-refractivity contribution in [3.05, 3.63) is 52.0 Å². The average molecular weight is 369 g/mol. The zero-order chi connectivity index (χ0) is 19.7. The van der Waals surface area contributed by atoms with Crippen molar-refractivity contribution >= 4 is 22.7 Å². The van der Waals surface area contributed by atoms with E-state index >= 15 is 0 Å². The molecule has 0 unspecified atom stereocenters. The van der Waals surface area contributed by atoms with E-state index in [-0.39, 0.29) is 17.7 Å². The van der Waals surface area contributed by atoms with Crippen LogP contribution in [0.4, 0.5) is 5.82 Å². The first-order chi connectivity index (χ1) is 12.7. The first kappa shape index (κ1) is 18.7. The van der Waals surface area contributed by atoms with Gasteiger partial charge in [-0.05, 0) is 46.8 Å². The summed E-state index contributed by atoms with van der Waals surface area (Å²) >= 11 is 0. The van der Waals surface area contributed by atoms with Gasteiger partial charge in [0.2, 0.25) is 0 Å². The van der Waals surface area contributed by atoms with Crippen LogP contribution in [0.1, 0.15) is 49.8 Å². The third kappa shape index (κ3) is 4.02. The van der Waals surface area contributed by atoms with Crippen molar-refractivity contribution in [1.29, 1.82) is 0 Å². The van der Waals surface area contributed by atoms with Crippen LogP contribution in [-0.4, -0.2) is 21.8 Å². The average Bonchev–Trinajstić information content (AvgIpc) is 2.93. The van der Waals surface area contributed by atoms with E-state index in [1.54, 1.807) is 28.9 Å². The second kappa shape index (κ2) is 7.26. The summed E-state index contributed by atoms with van der Waals surface area (Å²) < 4.78 is 12.6. The highest BCUT2D eigenvalue weighted by atomic mass is 16.5. The topological polar surface area (TPSA) is 86.4 Å². The molecule has 0 fully saturated rings. The van der Waals surface area contributed by atoms with Crippen molar-refractivity contribution in [1.82, 2.24) is 9.78 Å². The molecule has 3 aromatic rings. The highest BCUT2D eigenvalue weighted by Gasteiger charge is 2.17. The number of ether oxygens (including phenoxy) is 1. The van der Waals surface area contributed by atoms with E-state index in [9.17, 15) is 9.59 Å². The lowest BCUT2D eigenvalue weighted by molar-refractivity contribution is 0.102. The van der Waals surface area contributed by atoms with Gasteiger partial charge in [-0.1, -0.05) is 0 Å². The van der Waals surface area contributed by atoms with Gasteiger partial charge in [0, 0.05) is 29.6 Å². The Kier molecular flexibility index (Phi) is 5.03. The van der Waals surface area contributed by atoms with Crippen LogP contribution in [0.5, 0.6) is 5.75 Å². The lowest BCUT2D eigenvalue weighted by Gasteiger charge is -2.13. The van der Waals surface area contributed by atoms with E-state index in [2.05, 4.69) is 10.4 Å². The Morgan fingerprint density at radius 1 is 1.19 bits per heavy atom. The van der Waals surface area contributed by atoms with Gasteiger partial charge in [0.05, 0.1) is 17.4 Å². The van der Waals surface area contributed by atoms with E-state index in [1.165, 1.54) is 6.07 Å². The molecule has 0 aliphatic carbocycles. The maximum atomic E-state index is 12.9. The summed E-state index contributed by atoms with van der Waals surface area (Å²) in [5, 5.41) is 7.76. The maximum Gasteiger partial charge on any atom is 0.337 e. The molecule has 0 aliphatic heterocycles. The first-order valence-electron chi connectivity index (χ1n) is 8.86. The highest BCUT2D eigenvalue weighted by molar-refractivity contribution is 6.11. The predicted octanol–water partition coefficient (Wildman–Crippen LogP) is 3.92. The van der Waals surface area contributed by atoms with Gasteiger partial charge < -0.3 is 14.5 Å². The summed E-state index contributed by atoms with van der Waals surface area (Å²) in [5.74, 6) is 0.757. The SMILES string of the molecule is Cc1cc(NC(=O)c2cc(=O)oc3cc(OC(C)C)ccc23)n(C(C)C)n1. The molecule has 3 rings (SSSR count). The molecule has 1 amide bonds. The summed E-state index contributed by atoms with van der Waals surface area (Å²) in [6.07, 6.45) is -0.0137. The number of nitrogens with one attached hydrogen (secondary N) is 1. The van der Waals surface area contributed by atoms with E-state index in [1.807, 2.05) is 34.6 Å². The number of benzene rings is 1. The number of anilines is 1. The number of aromatic nitrogens is 2. The van der Waals surface area contributed by atoms with Crippen molar-refractivity contribution in [2.24, 2.45) is 0 Å². The van der Waals surface area contributed by atoms with Crippen LogP contribution in [0.15, 0.2) is 39.5 Å². The molecule has 27 heavy (non-hydrogen) atoms. The van der Waals surface area contributed by atoms with Crippen LogP contribution in [0.2, 0.25) is 0 Å². The minimum absolute atomic E-state index is 0.0137. The zero-order valence-electron chi connectivity index (χ0n) is 16.1. The summed E-state index contributed by atoms with van der Waals surface area (Å²) in [5.41, 5.74) is 0.751. The number of hydrogen-bond donors (Lipinski definition) is 1. The molecular formula is C20H23N3O4. The molecule has 2 aromatic heterocycles. The molecule has 0 saturated carbocycles. The van der Waals surface area contributed by atoms with Crippen molar-refractivity contribution in [3.63, 3.8) is 0 Å². The van der Waals surface area contributed by atoms with Crippen LogP contribution in [0.25, 0.3) is 11.0 Å². The van der Waals surface area contributed by atoms with Gasteiger partial charge in [-0.2, -0.15) is 5.10 Å². The molecule has 1 aromatic carbocycles. The fourth-order valence-electron chi connectivity index (χ4n) is 2.86. The standard InChI is InChI=1S/C20H23N3O4/c1-11(2)23-18(8-13(5)22-23)21-20(25)16-10-19(24)27-17-9-14(26-12(3)4)6-7-15(16)17/h6-12H,1-5H3,(H,21,25). The molecule has 0 atom stereocenters. The van der Waals surface area contributed by atoms with Crippen LogP contribution in [-0.2, 0) is 0 Å². The van der Waals surface area contributed by atoms with E-state index in [0.29, 0.717) is 22.5 Å². The molecule has 0 radical (unpaired) electrons. The molecule has 2 heterocycles. The Labute approximate surface area is 156 Å². The minimum Gasteiger partial charge on any atom is -0.491 e. The number of carbonyl (C=O) groups is 1. The second-order valence-corrected chi connectivity index (χ2v) is 6.97. The zero-order valence-corrected chi connectivity index (χ0v) is 16.1. The number of rotatable bonds is 5. The second-order valence-electron chi connectivity index (χ2n) is 6.97. The Morgan fingerprint density at radius 2 is 1.93 bits per heavy atom. The predicted molar refractivity (Wildman–Crippen MR) is 104 cm³/mol. The lowest BCUT2D eigenvalue weighted by atomic mass is 10.1.